The summed E-state index contributed by atoms with van der Waals surface area (Å²) in [4.78, 5) is 2.53. The van der Waals surface area contributed by atoms with E-state index in [0.717, 1.165) is 22.8 Å². The molecule has 9 aromatic carbocycles. The Morgan fingerprint density at radius 2 is 1.15 bits per heavy atom. The van der Waals surface area contributed by atoms with Crippen LogP contribution in [0.2, 0.25) is 0 Å². The summed E-state index contributed by atoms with van der Waals surface area (Å²) < 4.78 is 9.17. The minimum atomic E-state index is -0.525. The molecule has 0 spiro atoms. The largest absolute Gasteiger partial charge is 0.485 e. The number of nitrogens with zero attached hydrogens (tertiary/aromatic N) is 1. The number of para-hydroxylation sites is 1. The average Bonchev–Trinajstić information content (AvgIpc) is 3.99. The number of benzene rings is 9. The molecule has 62 heavy (non-hydrogen) atoms. The molecule has 0 bridgehead atoms. The lowest BCUT2D eigenvalue weighted by Crippen LogP contribution is -2.28. The number of fused-ring (bicyclic) bond motifs is 10. The maximum absolute atomic E-state index is 6.62. The van der Waals surface area contributed by atoms with Crippen molar-refractivity contribution in [3.8, 4) is 16.9 Å². The standard InChI is InChI=1S/C59H39NOS/c1-3-18-41(19-4-1)59(42-20-5-2-6-21-42)51-26-12-9-23-45(51)46-32-31-43(37-52(46)59)60(54-28-15-25-48-47-24-11-14-29-57(47)62-58(48)54)53-27-13-10-22-44(53)40-30-33-55-49(35-40)50-34-38-16-7-8-17-39(38)36-56(50)61-55/h1-37,49,55H. The van der Waals surface area contributed by atoms with E-state index >= 15 is 0 Å². The van der Waals surface area contributed by atoms with Crippen molar-refractivity contribution in [1.29, 1.82) is 0 Å². The van der Waals surface area contributed by atoms with Crippen LogP contribution in [-0.4, -0.2) is 6.10 Å². The topological polar surface area (TPSA) is 12.5 Å². The molecular weight excluding hydrogens is 771 g/mol. The van der Waals surface area contributed by atoms with E-state index in [-0.39, 0.29) is 12.0 Å². The molecule has 10 aromatic rings. The predicted molar refractivity (Wildman–Crippen MR) is 260 cm³/mol. The number of anilines is 3. The first-order valence-corrected chi connectivity index (χ1v) is 22.3. The minimum Gasteiger partial charge on any atom is -0.485 e. The molecule has 13 rings (SSSR count). The van der Waals surface area contributed by atoms with Gasteiger partial charge in [0, 0.05) is 38.2 Å². The second-order valence-corrected chi connectivity index (χ2v) is 17.7. The van der Waals surface area contributed by atoms with Gasteiger partial charge in [0.1, 0.15) is 11.9 Å². The molecule has 0 radical (unpaired) electrons. The number of rotatable bonds is 6. The van der Waals surface area contributed by atoms with E-state index < -0.39 is 5.41 Å². The third kappa shape index (κ3) is 5.16. The second-order valence-electron chi connectivity index (χ2n) is 16.7. The van der Waals surface area contributed by atoms with Crippen LogP contribution in [-0.2, 0) is 5.41 Å². The molecule has 0 fully saturated rings. The summed E-state index contributed by atoms with van der Waals surface area (Å²) in [6.07, 6.45) is 6.94. The Kier molecular flexibility index (Phi) is 7.85. The fourth-order valence-corrected chi connectivity index (χ4v) is 12.0. The highest BCUT2D eigenvalue weighted by Crippen LogP contribution is 2.58. The van der Waals surface area contributed by atoms with Crippen molar-refractivity contribution in [1.82, 2.24) is 0 Å². The van der Waals surface area contributed by atoms with Gasteiger partial charge in [-0.1, -0.05) is 176 Å². The van der Waals surface area contributed by atoms with Crippen LogP contribution in [0.4, 0.5) is 17.1 Å². The number of hydrogen-bond donors (Lipinski definition) is 0. The molecule has 2 atom stereocenters. The fourth-order valence-electron chi connectivity index (χ4n) is 10.8. The number of hydrogen-bond acceptors (Lipinski definition) is 3. The van der Waals surface area contributed by atoms with E-state index in [9.17, 15) is 0 Å². The Hall–Kier alpha value is -7.46. The highest BCUT2D eigenvalue weighted by Gasteiger charge is 2.46. The Balaban J connectivity index is 1.06. The van der Waals surface area contributed by atoms with Gasteiger partial charge in [0.25, 0.3) is 0 Å². The summed E-state index contributed by atoms with van der Waals surface area (Å²) in [5.41, 5.74) is 14.1. The average molecular weight is 810 g/mol. The Morgan fingerprint density at radius 3 is 1.97 bits per heavy atom. The number of thiophene rings is 1. The van der Waals surface area contributed by atoms with Crippen LogP contribution in [0.15, 0.2) is 224 Å². The molecule has 2 aliphatic carbocycles. The second kappa shape index (κ2) is 13.8. The van der Waals surface area contributed by atoms with Gasteiger partial charge in [-0.15, -0.1) is 11.3 Å². The smallest absolute Gasteiger partial charge is 0.128 e. The Labute approximate surface area is 364 Å². The zero-order valence-corrected chi connectivity index (χ0v) is 34.6. The Bertz CT molecular complexity index is 3430. The van der Waals surface area contributed by atoms with E-state index in [2.05, 4.69) is 229 Å². The van der Waals surface area contributed by atoms with Gasteiger partial charge in [-0.2, -0.15) is 0 Å². The van der Waals surface area contributed by atoms with Crippen LogP contribution >= 0.6 is 11.3 Å². The highest BCUT2D eigenvalue weighted by atomic mass is 32.1. The van der Waals surface area contributed by atoms with Crippen molar-refractivity contribution >= 4 is 64.9 Å². The normalized spacial score (nSPS) is 16.7. The lowest BCUT2D eigenvalue weighted by molar-refractivity contribution is 0.269. The molecule has 2 nitrogen and oxygen atoms in total. The molecule has 3 aliphatic rings. The van der Waals surface area contributed by atoms with E-state index in [1.807, 2.05) is 11.3 Å². The molecule has 0 saturated heterocycles. The van der Waals surface area contributed by atoms with Crippen molar-refractivity contribution in [2.45, 2.75) is 17.4 Å². The van der Waals surface area contributed by atoms with E-state index in [0.29, 0.717) is 0 Å². The maximum Gasteiger partial charge on any atom is 0.128 e. The van der Waals surface area contributed by atoms with Crippen LogP contribution in [0.25, 0.3) is 47.6 Å². The van der Waals surface area contributed by atoms with Gasteiger partial charge in [-0.3, -0.25) is 0 Å². The highest BCUT2D eigenvalue weighted by molar-refractivity contribution is 7.26. The van der Waals surface area contributed by atoms with E-state index in [1.54, 1.807) is 0 Å². The van der Waals surface area contributed by atoms with Crippen LogP contribution < -0.4 is 9.64 Å². The van der Waals surface area contributed by atoms with Gasteiger partial charge in [-0.25, -0.2) is 0 Å². The van der Waals surface area contributed by atoms with E-state index in [4.69, 9.17) is 4.74 Å². The Morgan fingerprint density at radius 1 is 0.500 bits per heavy atom. The van der Waals surface area contributed by atoms with Crippen LogP contribution in [0, 0.1) is 0 Å². The van der Waals surface area contributed by atoms with Gasteiger partial charge >= 0.3 is 0 Å². The lowest BCUT2D eigenvalue weighted by Gasteiger charge is -2.35. The van der Waals surface area contributed by atoms with Crippen molar-refractivity contribution < 1.29 is 4.74 Å². The summed E-state index contributed by atoms with van der Waals surface area (Å²) in [5.74, 6) is 1.09. The minimum absolute atomic E-state index is 0.0384. The third-order valence-electron chi connectivity index (χ3n) is 13.5. The van der Waals surface area contributed by atoms with Crippen LogP contribution in [0.3, 0.4) is 0 Å². The molecule has 2 unspecified atom stereocenters. The van der Waals surface area contributed by atoms with Crippen molar-refractivity contribution in [2.24, 2.45) is 0 Å². The van der Waals surface area contributed by atoms with Crippen molar-refractivity contribution in [2.75, 3.05) is 4.90 Å². The van der Waals surface area contributed by atoms with Crippen LogP contribution in [0.5, 0.6) is 5.75 Å². The summed E-state index contributed by atoms with van der Waals surface area (Å²) >= 11 is 1.88. The first-order valence-electron chi connectivity index (χ1n) is 21.5. The molecule has 292 valence electrons. The van der Waals surface area contributed by atoms with Gasteiger partial charge < -0.3 is 9.64 Å². The first kappa shape index (κ1) is 35.3. The quantitative estimate of drug-likeness (QED) is 0.166. The van der Waals surface area contributed by atoms with Crippen LogP contribution in [0.1, 0.15) is 39.3 Å². The fraction of sp³-hybridized carbons (Fsp3) is 0.0508. The number of ether oxygens (including phenoxy) is 1. The molecule has 1 aromatic heterocycles. The van der Waals surface area contributed by atoms with Crippen molar-refractivity contribution in [3.63, 3.8) is 0 Å². The lowest BCUT2D eigenvalue weighted by atomic mass is 9.67. The molecule has 2 heterocycles. The van der Waals surface area contributed by atoms with Crippen molar-refractivity contribution in [3.05, 3.63) is 258 Å². The zero-order chi connectivity index (χ0) is 40.8. The number of allylic oxidation sites excluding steroid dienone is 2. The molecular formula is C59H39NOS. The predicted octanol–water partition coefficient (Wildman–Crippen LogP) is 15.5. The maximum atomic E-state index is 6.62. The molecule has 0 saturated carbocycles. The first-order chi connectivity index (χ1) is 30.7. The molecule has 0 amide bonds. The van der Waals surface area contributed by atoms with Gasteiger partial charge in [0.2, 0.25) is 0 Å². The molecule has 3 heteroatoms. The third-order valence-corrected chi connectivity index (χ3v) is 14.7. The van der Waals surface area contributed by atoms with Gasteiger partial charge in [0.05, 0.1) is 21.5 Å². The molecule has 0 N–H and O–H groups in total. The summed E-state index contributed by atoms with van der Waals surface area (Å²) in [7, 11) is 0. The zero-order valence-electron chi connectivity index (χ0n) is 33.8. The molecule has 1 aliphatic heterocycles. The monoisotopic (exact) mass is 809 g/mol. The van der Waals surface area contributed by atoms with Gasteiger partial charge in [0.15, 0.2) is 0 Å². The van der Waals surface area contributed by atoms with Gasteiger partial charge in [-0.05, 0) is 98.3 Å². The summed E-state index contributed by atoms with van der Waals surface area (Å²) in [6.45, 7) is 0. The summed E-state index contributed by atoms with van der Waals surface area (Å²) in [5, 5.41) is 5.00. The SMILES string of the molecule is C1=CC2Oc3cc4ccccc4cc3C2C=C1c1ccccc1N(c1ccc2c(c1)C(c1ccccc1)(c1ccccc1)c1ccccc1-2)c1cccc2c1sc1ccccc12. The summed E-state index contributed by atoms with van der Waals surface area (Å²) in [6, 6.07) is 76.2. The van der Waals surface area contributed by atoms with E-state index in [1.165, 1.54) is 81.0 Å².